The molecule has 16 heavy (non-hydrogen) atoms. The molecule has 1 aliphatic heterocycles. The molecule has 88 valence electrons. The second kappa shape index (κ2) is 10.4. The maximum absolute atomic E-state index is 10.4. The zero-order chi connectivity index (χ0) is 11.1. The molecule has 1 rings (SSSR count). The van der Waals surface area contributed by atoms with Crippen molar-refractivity contribution in [1.29, 1.82) is 0 Å². The first-order chi connectivity index (χ1) is 7.33. The number of thioether (sulfide) groups is 1. The summed E-state index contributed by atoms with van der Waals surface area (Å²) in [4.78, 5) is 0. The summed E-state index contributed by atoms with van der Waals surface area (Å²) in [5.74, 6) is 1.12. The standard InChI is InChI=1S/C11H21N2OS.K/c1-3-13-9-8-15-10(11(9)12-2)6-4-5-7-14;/h3,9-13H,1,4-8H2,2H3;/q-1;+1. The third kappa shape index (κ3) is 5.39. The molecule has 1 fully saturated rings. The fraction of sp³-hybridized carbons (Fsp3) is 0.818. The van der Waals surface area contributed by atoms with Gasteiger partial charge < -0.3 is 15.7 Å². The zero-order valence-electron chi connectivity index (χ0n) is 10.4. The quantitative estimate of drug-likeness (QED) is 0.390. The molecule has 0 aromatic rings. The van der Waals surface area contributed by atoms with Gasteiger partial charge in [0.05, 0.1) is 6.04 Å². The molecule has 1 saturated heterocycles. The predicted octanol–water partition coefficient (Wildman–Crippen LogP) is -2.67. The molecular weight excluding hydrogens is 247 g/mol. The van der Waals surface area contributed by atoms with Crippen LogP contribution in [0.1, 0.15) is 19.3 Å². The van der Waals surface area contributed by atoms with Crippen LogP contribution in [-0.4, -0.2) is 36.7 Å². The summed E-state index contributed by atoms with van der Waals surface area (Å²) in [6.45, 7) is 3.77. The Labute approximate surface area is 146 Å². The Morgan fingerprint density at radius 3 is 2.81 bits per heavy atom. The summed E-state index contributed by atoms with van der Waals surface area (Å²) in [5.41, 5.74) is 0. The molecule has 3 unspecified atom stereocenters. The summed E-state index contributed by atoms with van der Waals surface area (Å²) < 4.78 is 0. The van der Waals surface area contributed by atoms with Gasteiger partial charge in [-0.1, -0.05) is 19.4 Å². The minimum absolute atomic E-state index is 0. The second-order valence-corrected chi connectivity index (χ2v) is 5.14. The van der Waals surface area contributed by atoms with E-state index in [-0.39, 0.29) is 58.0 Å². The van der Waals surface area contributed by atoms with E-state index in [0.717, 1.165) is 25.0 Å². The number of unbranched alkanes of at least 4 members (excludes halogenated alkanes) is 1. The van der Waals surface area contributed by atoms with Gasteiger partial charge in [0.1, 0.15) is 0 Å². The van der Waals surface area contributed by atoms with Gasteiger partial charge in [-0.3, -0.25) is 0 Å². The van der Waals surface area contributed by atoms with Gasteiger partial charge in [-0.25, -0.2) is 0 Å². The molecule has 0 spiro atoms. The molecule has 1 heterocycles. The molecule has 2 N–H and O–H groups in total. The SMILES string of the molecule is C=CNC1CSC(CCCC[O-])C1NC.[K+]. The van der Waals surface area contributed by atoms with E-state index in [1.54, 1.807) is 6.20 Å². The molecule has 3 nitrogen and oxygen atoms in total. The normalized spacial score (nSPS) is 28.5. The van der Waals surface area contributed by atoms with E-state index >= 15 is 0 Å². The Kier molecular flexibility index (Phi) is 11.3. The summed E-state index contributed by atoms with van der Waals surface area (Å²) in [7, 11) is 2.01. The number of rotatable bonds is 7. The molecule has 0 amide bonds. The van der Waals surface area contributed by atoms with Crippen LogP contribution >= 0.6 is 11.8 Å². The Morgan fingerprint density at radius 2 is 2.25 bits per heavy atom. The van der Waals surface area contributed by atoms with Gasteiger partial charge in [-0.15, -0.1) is 6.61 Å². The predicted molar refractivity (Wildman–Crippen MR) is 64.9 cm³/mol. The Hall–Kier alpha value is 1.45. The van der Waals surface area contributed by atoms with Crippen LogP contribution in [-0.2, 0) is 0 Å². The smallest absolute Gasteiger partial charge is 0.854 e. The molecule has 0 saturated carbocycles. The third-order valence-electron chi connectivity index (χ3n) is 2.87. The number of hydrogen-bond donors (Lipinski definition) is 2. The topological polar surface area (TPSA) is 47.1 Å². The summed E-state index contributed by atoms with van der Waals surface area (Å²) in [6.07, 6.45) is 4.79. The average Bonchev–Trinajstić information content (AvgIpc) is 2.62. The first-order valence-corrected chi connectivity index (χ1v) is 6.62. The van der Waals surface area contributed by atoms with Crippen molar-refractivity contribution in [3.63, 3.8) is 0 Å². The van der Waals surface area contributed by atoms with Crippen molar-refractivity contribution in [3.05, 3.63) is 12.8 Å². The van der Waals surface area contributed by atoms with Crippen molar-refractivity contribution >= 4 is 11.8 Å². The number of nitrogens with one attached hydrogen (secondary N) is 2. The van der Waals surface area contributed by atoms with Gasteiger partial charge in [0, 0.05) is 17.0 Å². The molecule has 0 bridgehead atoms. The molecule has 0 aromatic carbocycles. The van der Waals surface area contributed by atoms with Crippen LogP contribution in [0.3, 0.4) is 0 Å². The Balaban J connectivity index is 0.00000225. The van der Waals surface area contributed by atoms with E-state index in [0.29, 0.717) is 17.3 Å². The minimum atomic E-state index is 0. The molecule has 0 radical (unpaired) electrons. The van der Waals surface area contributed by atoms with Crippen molar-refractivity contribution < 1.29 is 56.5 Å². The Morgan fingerprint density at radius 1 is 1.50 bits per heavy atom. The van der Waals surface area contributed by atoms with Crippen molar-refractivity contribution in [1.82, 2.24) is 10.6 Å². The van der Waals surface area contributed by atoms with Gasteiger partial charge in [0.15, 0.2) is 0 Å². The van der Waals surface area contributed by atoms with Crippen LogP contribution in [0, 0.1) is 0 Å². The van der Waals surface area contributed by atoms with Gasteiger partial charge in [-0.05, 0) is 19.7 Å². The van der Waals surface area contributed by atoms with Gasteiger partial charge in [0.25, 0.3) is 0 Å². The van der Waals surface area contributed by atoms with Crippen LogP contribution in [0.5, 0.6) is 0 Å². The van der Waals surface area contributed by atoms with E-state index in [4.69, 9.17) is 0 Å². The maximum Gasteiger partial charge on any atom is 1.00 e. The third-order valence-corrected chi connectivity index (χ3v) is 4.38. The van der Waals surface area contributed by atoms with E-state index in [1.807, 2.05) is 18.8 Å². The van der Waals surface area contributed by atoms with Crippen molar-refractivity contribution in [3.8, 4) is 0 Å². The monoisotopic (exact) mass is 268 g/mol. The molecule has 0 aromatic heterocycles. The van der Waals surface area contributed by atoms with E-state index in [1.165, 1.54) is 0 Å². The van der Waals surface area contributed by atoms with E-state index in [2.05, 4.69) is 17.2 Å². The molecular formula is C11H21KN2OS. The summed E-state index contributed by atoms with van der Waals surface area (Å²) in [5, 5.41) is 17.7. The summed E-state index contributed by atoms with van der Waals surface area (Å²) in [6, 6.07) is 0.981. The average molecular weight is 268 g/mol. The zero-order valence-corrected chi connectivity index (χ0v) is 14.3. The first kappa shape index (κ1) is 17.4. The van der Waals surface area contributed by atoms with E-state index < -0.39 is 0 Å². The fourth-order valence-corrected chi connectivity index (χ4v) is 3.72. The Bertz CT molecular complexity index is 195. The second-order valence-electron chi connectivity index (χ2n) is 3.86. The van der Waals surface area contributed by atoms with Crippen molar-refractivity contribution in [2.24, 2.45) is 0 Å². The van der Waals surface area contributed by atoms with Crippen LogP contribution in [0.15, 0.2) is 12.8 Å². The van der Waals surface area contributed by atoms with Gasteiger partial charge in [-0.2, -0.15) is 11.8 Å². The van der Waals surface area contributed by atoms with Crippen LogP contribution in [0.4, 0.5) is 0 Å². The van der Waals surface area contributed by atoms with Crippen LogP contribution in [0.25, 0.3) is 0 Å². The van der Waals surface area contributed by atoms with Crippen LogP contribution < -0.4 is 67.1 Å². The van der Waals surface area contributed by atoms with Gasteiger partial charge >= 0.3 is 51.4 Å². The van der Waals surface area contributed by atoms with Crippen molar-refractivity contribution in [2.75, 3.05) is 19.4 Å². The number of likely N-dealkylation sites (N-methyl/N-ethyl adjacent to an activating group) is 1. The largest absolute Gasteiger partial charge is 1.00 e. The maximum atomic E-state index is 10.4. The number of hydrogen-bond acceptors (Lipinski definition) is 4. The molecule has 1 aliphatic rings. The molecule has 0 aliphatic carbocycles. The fourth-order valence-electron chi connectivity index (χ4n) is 2.09. The van der Waals surface area contributed by atoms with Crippen molar-refractivity contribution in [2.45, 2.75) is 36.6 Å². The molecule has 3 atom stereocenters. The minimum Gasteiger partial charge on any atom is -0.854 e. The van der Waals surface area contributed by atoms with E-state index in [9.17, 15) is 5.11 Å². The first-order valence-electron chi connectivity index (χ1n) is 5.57. The summed E-state index contributed by atoms with van der Waals surface area (Å²) >= 11 is 2.00. The van der Waals surface area contributed by atoms with Crippen LogP contribution in [0.2, 0.25) is 0 Å². The van der Waals surface area contributed by atoms with Gasteiger partial charge in [0.2, 0.25) is 0 Å². The molecule has 5 heteroatoms.